The van der Waals surface area contributed by atoms with Crippen molar-refractivity contribution in [1.29, 1.82) is 0 Å². The Labute approximate surface area is 58.3 Å². The minimum Gasteiger partial charge on any atom is -0.328 e. The summed E-state index contributed by atoms with van der Waals surface area (Å²) in [5.74, 6) is 0. The molecule has 0 saturated heterocycles. The van der Waals surface area contributed by atoms with Gasteiger partial charge in [-0.05, 0) is 0 Å². The minimum atomic E-state index is -2.62. The zero-order valence-corrected chi connectivity index (χ0v) is 2.68. The van der Waals surface area contributed by atoms with Crippen molar-refractivity contribution in [3.8, 4) is 0 Å². The maximum absolute atomic E-state index is 7.23. The third-order valence-electron chi connectivity index (χ3n) is 0. The highest BCUT2D eigenvalue weighted by molar-refractivity contribution is 7.38. The Balaban J connectivity index is -0.0000000450. The fraction of sp³-hybridized carbons (Fsp3) is 0. The average molecular weight is 142 g/mol. The Morgan fingerprint density at radius 3 is 0.833 bits per heavy atom. The summed E-state index contributed by atoms with van der Waals surface area (Å²) >= 11 is 0. The summed E-state index contributed by atoms with van der Waals surface area (Å²) in [5, 5.41) is 0. The van der Waals surface area contributed by atoms with Gasteiger partial charge in [0.1, 0.15) is 0 Å². The van der Waals surface area contributed by atoms with Crippen molar-refractivity contribution in [3.63, 3.8) is 0 Å². The first kappa shape index (κ1) is 15.7. The molecular weight excluding hydrogens is 133 g/mol. The zero-order chi connectivity index (χ0) is 3.58. The largest absolute Gasteiger partial charge is 0.328 e. The molecule has 0 saturated carbocycles. The van der Waals surface area contributed by atoms with Gasteiger partial charge in [0.2, 0.25) is 0 Å². The van der Waals surface area contributed by atoms with E-state index in [4.69, 9.17) is 14.7 Å². The van der Waals surface area contributed by atoms with Crippen LogP contribution in [0.3, 0.4) is 0 Å². The van der Waals surface area contributed by atoms with Crippen LogP contribution in [0, 0.1) is 0 Å². The van der Waals surface area contributed by atoms with Crippen LogP contribution < -0.4 is 0 Å². The third-order valence-corrected chi connectivity index (χ3v) is 0. The summed E-state index contributed by atoms with van der Waals surface area (Å²) in [6.45, 7) is 0. The van der Waals surface area contributed by atoms with Crippen molar-refractivity contribution in [2.75, 3.05) is 0 Å². The smallest absolute Gasteiger partial charge is 0.324 e. The van der Waals surface area contributed by atoms with E-state index in [0.29, 0.717) is 0 Å². The fourth-order valence-electron chi connectivity index (χ4n) is 0. The van der Waals surface area contributed by atoms with Crippen molar-refractivity contribution in [2.45, 2.75) is 0 Å². The van der Waals surface area contributed by atoms with Crippen molar-refractivity contribution in [1.82, 2.24) is 0 Å². The molecule has 38 valence electrons. The second-order valence-electron chi connectivity index (χ2n) is 0.268. The van der Waals surface area contributed by atoms with Gasteiger partial charge in [-0.1, -0.05) is 0 Å². The molecule has 0 heterocycles. The van der Waals surface area contributed by atoms with Crippen molar-refractivity contribution in [3.05, 3.63) is 0 Å². The number of hydrogen-bond acceptors (Lipinski definition) is 3. The van der Waals surface area contributed by atoms with Gasteiger partial charge in [-0.15, -0.1) is 0 Å². The zero-order valence-electron chi connectivity index (χ0n) is 1.79. The van der Waals surface area contributed by atoms with Gasteiger partial charge in [-0.25, -0.2) is 0 Å². The van der Waals surface area contributed by atoms with E-state index in [1.807, 2.05) is 0 Å². The van der Waals surface area contributed by atoms with Gasteiger partial charge in [0.25, 0.3) is 0 Å². The molecule has 3 N–H and O–H groups in total. The predicted octanol–water partition coefficient (Wildman–Crippen LogP) is -3.18. The quantitative estimate of drug-likeness (QED) is 0.247. The van der Waals surface area contributed by atoms with Crippen molar-refractivity contribution >= 4 is 43.3 Å². The monoisotopic (exact) mass is 142 g/mol. The molecule has 0 bridgehead atoms. The maximum atomic E-state index is 7.23. The Morgan fingerprint density at radius 1 is 0.833 bits per heavy atom. The molecule has 0 unspecified atom stereocenters. The first-order valence-electron chi connectivity index (χ1n) is 0.600. The molecule has 0 aromatic heterocycles. The van der Waals surface area contributed by atoms with Crippen LogP contribution in [0.1, 0.15) is 0 Å². The van der Waals surface area contributed by atoms with Crippen LogP contribution in [0.15, 0.2) is 0 Å². The van der Waals surface area contributed by atoms with Gasteiger partial charge in [0, 0.05) is 0 Å². The normalized spacial score (nSPS) is 6.00. The molecule has 0 amide bonds. The molecule has 6 heteroatoms. The molecule has 3 nitrogen and oxygen atoms in total. The summed E-state index contributed by atoms with van der Waals surface area (Å²) in [4.78, 5) is 21.7. The molecule has 0 aliphatic rings. The third kappa shape index (κ3) is 54.4. The highest BCUT2D eigenvalue weighted by Crippen LogP contribution is 2.11. The molecule has 0 aliphatic heterocycles. The van der Waals surface area contributed by atoms with E-state index in [-0.39, 0.29) is 34.7 Å². The fourth-order valence-corrected chi connectivity index (χ4v) is 0. The summed E-state index contributed by atoms with van der Waals surface area (Å²) in [7, 11) is -2.62. The first-order valence-corrected chi connectivity index (χ1v) is 1.80. The summed E-state index contributed by atoms with van der Waals surface area (Å²) < 4.78 is 0. The van der Waals surface area contributed by atoms with E-state index in [0.717, 1.165) is 0 Å². The maximum Gasteiger partial charge on any atom is 0.324 e. The lowest BCUT2D eigenvalue weighted by Crippen LogP contribution is -1.54. The number of rotatable bonds is 0. The predicted molar refractivity (Wildman–Crippen MR) is 33.5 cm³/mol. The molecule has 0 fully saturated rings. The summed E-state index contributed by atoms with van der Waals surface area (Å²) in [5.41, 5.74) is 0. The molecular formula is H9Al2O3P. The van der Waals surface area contributed by atoms with Gasteiger partial charge < -0.3 is 14.7 Å². The number of hydrogen-bond donors (Lipinski definition) is 3. The van der Waals surface area contributed by atoms with Crippen LogP contribution in [-0.4, -0.2) is 49.4 Å². The SMILES string of the molecule is OP(O)O.[AlH3].[AlH3]. The van der Waals surface area contributed by atoms with Crippen LogP contribution in [-0.2, 0) is 0 Å². The minimum absolute atomic E-state index is 0. The van der Waals surface area contributed by atoms with E-state index < -0.39 is 8.60 Å². The molecule has 0 aromatic carbocycles. The average Bonchev–Trinajstić information content (AvgIpc) is 0.811. The van der Waals surface area contributed by atoms with Gasteiger partial charge in [-0.2, -0.15) is 0 Å². The Kier molecular flexibility index (Phi) is 25.1. The van der Waals surface area contributed by atoms with Crippen LogP contribution in [0.25, 0.3) is 0 Å². The Hall–Kier alpha value is 1.37. The lowest BCUT2D eigenvalue weighted by Gasteiger charge is -1.76. The van der Waals surface area contributed by atoms with Crippen molar-refractivity contribution in [2.24, 2.45) is 0 Å². The summed E-state index contributed by atoms with van der Waals surface area (Å²) in [6.07, 6.45) is 0. The second-order valence-corrected chi connectivity index (χ2v) is 0.805. The molecule has 0 atom stereocenters. The van der Waals surface area contributed by atoms with E-state index in [1.165, 1.54) is 0 Å². The van der Waals surface area contributed by atoms with Crippen molar-refractivity contribution < 1.29 is 14.7 Å². The van der Waals surface area contributed by atoms with Gasteiger partial charge in [-0.3, -0.25) is 0 Å². The standard InChI is InChI=1S/2Al.H3O3P.6H/c;;1-4(2)3;;;;;;/h;;1-3H;;;;;;. The molecule has 0 aliphatic carbocycles. The van der Waals surface area contributed by atoms with E-state index in [1.54, 1.807) is 0 Å². The molecule has 0 rings (SSSR count). The van der Waals surface area contributed by atoms with Gasteiger partial charge in [0.15, 0.2) is 34.7 Å². The van der Waals surface area contributed by atoms with Crippen LogP contribution in [0.4, 0.5) is 0 Å². The van der Waals surface area contributed by atoms with E-state index >= 15 is 0 Å². The lowest BCUT2D eigenvalue weighted by molar-refractivity contribution is 0.368. The van der Waals surface area contributed by atoms with Crippen LogP contribution in [0.5, 0.6) is 0 Å². The lowest BCUT2D eigenvalue weighted by atomic mass is 15.8. The van der Waals surface area contributed by atoms with Gasteiger partial charge in [0.05, 0.1) is 0 Å². The van der Waals surface area contributed by atoms with Crippen LogP contribution >= 0.6 is 8.60 Å². The molecule has 0 spiro atoms. The molecule has 0 aromatic rings. The van der Waals surface area contributed by atoms with E-state index in [2.05, 4.69) is 0 Å². The Morgan fingerprint density at radius 2 is 0.833 bits per heavy atom. The molecule has 6 heavy (non-hydrogen) atoms. The highest BCUT2D eigenvalue weighted by Gasteiger charge is 1.76. The van der Waals surface area contributed by atoms with Crippen LogP contribution in [0.2, 0.25) is 0 Å². The summed E-state index contributed by atoms with van der Waals surface area (Å²) in [6, 6.07) is 0. The topological polar surface area (TPSA) is 60.7 Å². The highest BCUT2D eigenvalue weighted by atomic mass is 31.2. The molecule has 0 radical (unpaired) electrons. The van der Waals surface area contributed by atoms with E-state index in [9.17, 15) is 0 Å². The first-order chi connectivity index (χ1) is 1.73. The van der Waals surface area contributed by atoms with Gasteiger partial charge >= 0.3 is 8.60 Å². The second kappa shape index (κ2) is 9.62. The Bertz CT molecular complexity index is 13.5.